The molecule has 0 radical (unpaired) electrons. The molecule has 0 spiro atoms. The van der Waals surface area contributed by atoms with Crippen LogP contribution in [0.4, 0.5) is 4.39 Å². The molecule has 2 aromatic carbocycles. The Hall–Kier alpha value is -2.78. The highest BCUT2D eigenvalue weighted by Gasteiger charge is 2.27. The van der Waals surface area contributed by atoms with Gasteiger partial charge in [-0.2, -0.15) is 9.41 Å². The zero-order valence-electron chi connectivity index (χ0n) is 15.2. The summed E-state index contributed by atoms with van der Waals surface area (Å²) in [6.07, 6.45) is 1.69. The third kappa shape index (κ3) is 4.20. The van der Waals surface area contributed by atoms with Gasteiger partial charge < -0.3 is 5.11 Å². The summed E-state index contributed by atoms with van der Waals surface area (Å²) in [4.78, 5) is 12.4. The highest BCUT2D eigenvalue weighted by Crippen LogP contribution is 2.21. The number of hydrogen-bond donors (Lipinski definition) is 2. The summed E-state index contributed by atoms with van der Waals surface area (Å²) >= 11 is 0. The van der Waals surface area contributed by atoms with Gasteiger partial charge in [0.05, 0.1) is 10.6 Å². The topological polar surface area (TPSA) is 99.1 Å². The summed E-state index contributed by atoms with van der Waals surface area (Å²) in [5.74, 6) is -1.25. The van der Waals surface area contributed by atoms with Gasteiger partial charge in [-0.3, -0.25) is 4.79 Å². The molecule has 1 amide bonds. The molecule has 1 heterocycles. The van der Waals surface area contributed by atoms with Crippen LogP contribution in [-0.2, 0) is 10.0 Å². The van der Waals surface area contributed by atoms with Gasteiger partial charge in [-0.1, -0.05) is 0 Å². The molecule has 7 nitrogen and oxygen atoms in total. The van der Waals surface area contributed by atoms with Crippen LogP contribution in [0, 0.1) is 5.82 Å². The van der Waals surface area contributed by atoms with Crippen LogP contribution in [0.25, 0.3) is 0 Å². The first-order chi connectivity index (χ1) is 13.3. The van der Waals surface area contributed by atoms with Gasteiger partial charge in [0, 0.05) is 24.2 Å². The normalized spacial score (nSPS) is 15.6. The molecule has 1 fully saturated rings. The molecule has 28 heavy (non-hydrogen) atoms. The highest BCUT2D eigenvalue weighted by atomic mass is 32.2. The largest absolute Gasteiger partial charge is 0.507 e. The summed E-state index contributed by atoms with van der Waals surface area (Å²) in [7, 11) is -3.54. The van der Waals surface area contributed by atoms with Crippen LogP contribution in [0.1, 0.15) is 35.7 Å². The number of benzene rings is 2. The molecule has 3 rings (SSSR count). The van der Waals surface area contributed by atoms with E-state index in [1.54, 1.807) is 0 Å². The number of sulfonamides is 1. The van der Waals surface area contributed by atoms with Crippen LogP contribution in [0.2, 0.25) is 0 Å². The second-order valence-corrected chi connectivity index (χ2v) is 8.37. The number of phenols is 1. The Morgan fingerprint density at radius 3 is 2.43 bits per heavy atom. The lowest BCUT2D eigenvalue weighted by atomic mass is 10.1. The van der Waals surface area contributed by atoms with Crippen molar-refractivity contribution in [3.63, 3.8) is 0 Å². The zero-order valence-corrected chi connectivity index (χ0v) is 16.0. The Kier molecular flexibility index (Phi) is 5.76. The van der Waals surface area contributed by atoms with Crippen LogP contribution in [-0.4, -0.2) is 42.5 Å². The van der Waals surface area contributed by atoms with Crippen molar-refractivity contribution in [2.75, 3.05) is 13.1 Å². The Bertz CT molecular complexity index is 1010. The van der Waals surface area contributed by atoms with Crippen LogP contribution < -0.4 is 5.43 Å². The number of hydrogen-bond acceptors (Lipinski definition) is 5. The standard InChI is InChI=1S/C19H20FN3O4S/c1-13(17-12-15(20)6-9-18(17)24)21-22-19(25)14-4-7-16(8-5-14)28(26,27)23-10-2-3-11-23/h4-9,12,24H,2-3,10-11H2,1H3,(H,22,25)/b21-13+. The lowest BCUT2D eigenvalue weighted by molar-refractivity contribution is 0.0954. The SMILES string of the molecule is C/C(=N\NC(=O)c1ccc(S(=O)(=O)N2CCCC2)cc1)c1cc(F)ccc1O. The number of phenolic OH excluding ortho intramolecular Hbond substituents is 1. The van der Waals surface area contributed by atoms with Gasteiger partial charge in [-0.05, 0) is 62.2 Å². The van der Waals surface area contributed by atoms with Gasteiger partial charge in [0.1, 0.15) is 11.6 Å². The monoisotopic (exact) mass is 405 g/mol. The maximum Gasteiger partial charge on any atom is 0.271 e. The van der Waals surface area contributed by atoms with Crippen molar-refractivity contribution in [1.29, 1.82) is 0 Å². The van der Waals surface area contributed by atoms with Crippen molar-refractivity contribution in [3.05, 3.63) is 59.4 Å². The molecule has 0 aliphatic carbocycles. The molecule has 0 bridgehead atoms. The maximum atomic E-state index is 13.3. The predicted octanol–water partition coefficient (Wildman–Crippen LogP) is 2.47. The van der Waals surface area contributed by atoms with E-state index < -0.39 is 21.7 Å². The van der Waals surface area contributed by atoms with E-state index in [1.165, 1.54) is 41.6 Å². The first-order valence-electron chi connectivity index (χ1n) is 8.73. The summed E-state index contributed by atoms with van der Waals surface area (Å²) in [6.45, 7) is 2.53. The number of carbonyl (C=O) groups is 1. The molecule has 2 N–H and O–H groups in total. The minimum absolute atomic E-state index is 0.135. The van der Waals surface area contributed by atoms with Crippen molar-refractivity contribution >= 4 is 21.6 Å². The molecule has 1 saturated heterocycles. The van der Waals surface area contributed by atoms with Crippen molar-refractivity contribution in [3.8, 4) is 5.75 Å². The van der Waals surface area contributed by atoms with Crippen molar-refractivity contribution in [1.82, 2.24) is 9.73 Å². The van der Waals surface area contributed by atoms with Crippen LogP contribution in [0.3, 0.4) is 0 Å². The van der Waals surface area contributed by atoms with E-state index in [-0.39, 0.29) is 27.5 Å². The van der Waals surface area contributed by atoms with E-state index in [9.17, 15) is 22.7 Å². The molecule has 0 saturated carbocycles. The molecule has 2 aromatic rings. The van der Waals surface area contributed by atoms with Crippen molar-refractivity contribution in [2.45, 2.75) is 24.7 Å². The quantitative estimate of drug-likeness (QED) is 0.590. The Labute approximate surface area is 162 Å². The second kappa shape index (κ2) is 8.07. The molecule has 1 aliphatic rings. The summed E-state index contributed by atoms with van der Waals surface area (Å²) in [6, 6.07) is 9.01. The summed E-state index contributed by atoms with van der Waals surface area (Å²) < 4.78 is 39.7. The highest BCUT2D eigenvalue weighted by molar-refractivity contribution is 7.89. The molecule has 1 aliphatic heterocycles. The third-order valence-corrected chi connectivity index (χ3v) is 6.41. The zero-order chi connectivity index (χ0) is 20.3. The fourth-order valence-corrected chi connectivity index (χ4v) is 4.43. The first-order valence-corrected chi connectivity index (χ1v) is 10.2. The summed E-state index contributed by atoms with van der Waals surface area (Å²) in [5, 5.41) is 13.6. The third-order valence-electron chi connectivity index (χ3n) is 4.49. The van der Waals surface area contributed by atoms with Crippen LogP contribution >= 0.6 is 0 Å². The summed E-state index contributed by atoms with van der Waals surface area (Å²) in [5.41, 5.74) is 2.92. The maximum absolute atomic E-state index is 13.3. The average molecular weight is 405 g/mol. The Morgan fingerprint density at radius 2 is 1.79 bits per heavy atom. The number of hydrazone groups is 1. The van der Waals surface area contributed by atoms with E-state index in [0.717, 1.165) is 25.0 Å². The molecule has 0 atom stereocenters. The smallest absolute Gasteiger partial charge is 0.271 e. The second-order valence-electron chi connectivity index (χ2n) is 6.44. The van der Waals surface area contributed by atoms with Crippen molar-refractivity contribution < 1.29 is 22.7 Å². The predicted molar refractivity (Wildman–Crippen MR) is 102 cm³/mol. The van der Waals surface area contributed by atoms with E-state index in [0.29, 0.717) is 13.1 Å². The van der Waals surface area contributed by atoms with E-state index in [4.69, 9.17) is 0 Å². The number of halogens is 1. The molecule has 0 aromatic heterocycles. The van der Waals surface area contributed by atoms with Gasteiger partial charge in [0.15, 0.2) is 0 Å². The number of amides is 1. The number of aromatic hydroxyl groups is 1. The van der Waals surface area contributed by atoms with E-state index in [2.05, 4.69) is 10.5 Å². The minimum atomic E-state index is -3.54. The lowest BCUT2D eigenvalue weighted by Gasteiger charge is -2.15. The van der Waals surface area contributed by atoms with Gasteiger partial charge in [-0.25, -0.2) is 18.2 Å². The van der Waals surface area contributed by atoms with E-state index >= 15 is 0 Å². The van der Waals surface area contributed by atoms with Gasteiger partial charge in [0.25, 0.3) is 5.91 Å². The molecular formula is C19H20FN3O4S. The van der Waals surface area contributed by atoms with Gasteiger partial charge in [-0.15, -0.1) is 0 Å². The van der Waals surface area contributed by atoms with Gasteiger partial charge >= 0.3 is 0 Å². The van der Waals surface area contributed by atoms with Crippen molar-refractivity contribution in [2.24, 2.45) is 5.10 Å². The Balaban J connectivity index is 1.72. The van der Waals surface area contributed by atoms with Crippen LogP contribution in [0.5, 0.6) is 5.75 Å². The molecule has 9 heteroatoms. The average Bonchev–Trinajstić information content (AvgIpc) is 3.23. The number of carbonyl (C=O) groups excluding carboxylic acids is 1. The first kappa shape index (κ1) is 20.0. The molecule has 0 unspecified atom stereocenters. The number of rotatable bonds is 5. The van der Waals surface area contributed by atoms with Crippen LogP contribution in [0.15, 0.2) is 52.5 Å². The van der Waals surface area contributed by atoms with E-state index in [1.807, 2.05) is 0 Å². The van der Waals surface area contributed by atoms with Gasteiger partial charge in [0.2, 0.25) is 10.0 Å². The number of nitrogens with zero attached hydrogens (tertiary/aromatic N) is 2. The molecular weight excluding hydrogens is 385 g/mol. The number of nitrogens with one attached hydrogen (secondary N) is 1. The minimum Gasteiger partial charge on any atom is -0.507 e. The Morgan fingerprint density at radius 1 is 1.14 bits per heavy atom. The lowest BCUT2D eigenvalue weighted by Crippen LogP contribution is -2.28. The fraction of sp³-hybridized carbons (Fsp3) is 0.263. The fourth-order valence-electron chi connectivity index (χ4n) is 2.91. The molecule has 148 valence electrons.